The van der Waals surface area contributed by atoms with Gasteiger partial charge in [0.25, 0.3) is 0 Å². The number of pyridine rings is 1. The van der Waals surface area contributed by atoms with Crippen molar-refractivity contribution in [2.24, 2.45) is 0 Å². The first-order valence-electron chi connectivity index (χ1n) is 8.97. The number of aryl methyl sites for hydroxylation is 3. The summed E-state index contributed by atoms with van der Waals surface area (Å²) in [5.41, 5.74) is 4.82. The summed E-state index contributed by atoms with van der Waals surface area (Å²) in [7, 11) is 0. The van der Waals surface area contributed by atoms with Crippen LogP contribution in [0.3, 0.4) is 0 Å². The number of nitrogens with zero attached hydrogens (tertiary/aromatic N) is 2. The van der Waals surface area contributed by atoms with Crippen molar-refractivity contribution >= 4 is 0 Å². The Morgan fingerprint density at radius 3 is 2.36 bits per heavy atom. The Kier molecular flexibility index (Phi) is 6.02. The third-order valence-electron chi connectivity index (χ3n) is 4.38. The highest BCUT2D eigenvalue weighted by molar-refractivity contribution is 5.32. The summed E-state index contributed by atoms with van der Waals surface area (Å²) in [6.07, 6.45) is 3.14. The summed E-state index contributed by atoms with van der Waals surface area (Å²) < 4.78 is 7.95. The number of rotatable bonds is 8. The number of aromatic nitrogens is 2. The minimum atomic E-state index is 0.695. The van der Waals surface area contributed by atoms with Gasteiger partial charge in [-0.3, -0.25) is 0 Å². The number of benzene rings is 1. The molecule has 2 aromatic heterocycles. The van der Waals surface area contributed by atoms with Crippen LogP contribution in [-0.4, -0.2) is 16.2 Å². The molecule has 25 heavy (non-hydrogen) atoms. The highest BCUT2D eigenvalue weighted by Gasteiger charge is 2.06. The predicted molar refractivity (Wildman–Crippen MR) is 102 cm³/mol. The average molecular weight is 334 g/mol. The zero-order valence-electron chi connectivity index (χ0n) is 15.1. The van der Waals surface area contributed by atoms with E-state index in [1.165, 1.54) is 17.0 Å². The molecule has 0 aliphatic heterocycles. The second-order valence-corrected chi connectivity index (χ2v) is 6.43. The first-order chi connectivity index (χ1) is 12.2. The summed E-state index contributed by atoms with van der Waals surface area (Å²) in [6.45, 7) is 5.72. The van der Waals surface area contributed by atoms with Gasteiger partial charge in [0, 0.05) is 23.7 Å². The van der Waals surface area contributed by atoms with Crippen LogP contribution in [0.4, 0.5) is 0 Å². The minimum absolute atomic E-state index is 0.695. The molecular formula is C22H26N2O. The Labute approximate surface area is 150 Å². The summed E-state index contributed by atoms with van der Waals surface area (Å²) in [5.74, 6) is 1.01. The van der Waals surface area contributed by atoms with E-state index in [1.54, 1.807) is 0 Å². The van der Waals surface area contributed by atoms with Crippen molar-refractivity contribution in [3.8, 4) is 5.82 Å². The van der Waals surface area contributed by atoms with Crippen molar-refractivity contribution in [2.75, 3.05) is 6.61 Å². The molecule has 2 heterocycles. The van der Waals surface area contributed by atoms with E-state index in [4.69, 9.17) is 9.72 Å². The topological polar surface area (TPSA) is 27.1 Å². The van der Waals surface area contributed by atoms with E-state index in [-0.39, 0.29) is 0 Å². The zero-order valence-corrected chi connectivity index (χ0v) is 15.1. The summed E-state index contributed by atoms with van der Waals surface area (Å²) in [6, 6.07) is 20.9. The molecule has 3 nitrogen and oxygen atoms in total. The van der Waals surface area contributed by atoms with E-state index >= 15 is 0 Å². The Hall–Kier alpha value is -2.39. The monoisotopic (exact) mass is 334 g/mol. The largest absolute Gasteiger partial charge is 0.377 e. The van der Waals surface area contributed by atoms with Crippen LogP contribution >= 0.6 is 0 Å². The van der Waals surface area contributed by atoms with Crippen molar-refractivity contribution in [3.63, 3.8) is 0 Å². The quantitative estimate of drug-likeness (QED) is 0.540. The van der Waals surface area contributed by atoms with E-state index < -0.39 is 0 Å². The fraction of sp³-hybridized carbons (Fsp3) is 0.318. The standard InChI is InChI=1S/C22H26N2O/c1-18-14-15-19(2)24(18)22-13-8-12-21(23-22)11-6-7-16-25-17-20-9-4-3-5-10-20/h3-5,8-10,12-15H,6-7,11,16-17H2,1-2H3. The molecule has 3 rings (SSSR count). The lowest BCUT2D eigenvalue weighted by Crippen LogP contribution is -2.04. The first kappa shape index (κ1) is 17.4. The van der Waals surface area contributed by atoms with Crippen molar-refractivity contribution < 1.29 is 4.74 Å². The molecule has 0 saturated heterocycles. The molecule has 0 aliphatic carbocycles. The summed E-state index contributed by atoms with van der Waals surface area (Å²) in [5, 5.41) is 0. The van der Waals surface area contributed by atoms with Crippen LogP contribution in [0.15, 0.2) is 60.7 Å². The molecule has 0 amide bonds. The van der Waals surface area contributed by atoms with Gasteiger partial charge in [-0.25, -0.2) is 4.98 Å². The van der Waals surface area contributed by atoms with Crippen LogP contribution in [0, 0.1) is 13.8 Å². The summed E-state index contributed by atoms with van der Waals surface area (Å²) in [4.78, 5) is 4.82. The van der Waals surface area contributed by atoms with Gasteiger partial charge in [-0.1, -0.05) is 36.4 Å². The number of hydrogen-bond donors (Lipinski definition) is 0. The van der Waals surface area contributed by atoms with Gasteiger partial charge in [0.2, 0.25) is 0 Å². The van der Waals surface area contributed by atoms with Crippen LogP contribution < -0.4 is 0 Å². The SMILES string of the molecule is Cc1ccc(C)n1-c1cccc(CCCCOCc2ccccc2)n1. The van der Waals surface area contributed by atoms with E-state index in [1.807, 2.05) is 18.2 Å². The van der Waals surface area contributed by atoms with Crippen LogP contribution in [0.1, 0.15) is 35.5 Å². The van der Waals surface area contributed by atoms with Crippen LogP contribution in [0.2, 0.25) is 0 Å². The molecule has 0 spiro atoms. The Balaban J connectivity index is 1.45. The number of hydrogen-bond acceptors (Lipinski definition) is 2. The van der Waals surface area contributed by atoms with Crippen molar-refractivity contribution in [1.29, 1.82) is 0 Å². The molecular weight excluding hydrogens is 308 g/mol. The fourth-order valence-electron chi connectivity index (χ4n) is 3.04. The fourth-order valence-corrected chi connectivity index (χ4v) is 3.04. The second-order valence-electron chi connectivity index (χ2n) is 6.43. The first-order valence-corrected chi connectivity index (χ1v) is 8.97. The normalized spacial score (nSPS) is 11.0. The van der Waals surface area contributed by atoms with Crippen molar-refractivity contribution in [3.05, 3.63) is 83.3 Å². The third-order valence-corrected chi connectivity index (χ3v) is 4.38. The van der Waals surface area contributed by atoms with Gasteiger partial charge < -0.3 is 9.30 Å². The van der Waals surface area contributed by atoms with Gasteiger partial charge in [-0.05, 0) is 62.9 Å². The molecule has 130 valence electrons. The lowest BCUT2D eigenvalue weighted by atomic mass is 10.2. The third kappa shape index (κ3) is 4.80. The Morgan fingerprint density at radius 1 is 0.840 bits per heavy atom. The molecule has 0 radical (unpaired) electrons. The lowest BCUT2D eigenvalue weighted by molar-refractivity contribution is 0.117. The van der Waals surface area contributed by atoms with E-state index in [9.17, 15) is 0 Å². The van der Waals surface area contributed by atoms with E-state index in [0.717, 1.165) is 37.4 Å². The molecule has 0 saturated carbocycles. The van der Waals surface area contributed by atoms with Crippen LogP contribution in [0.5, 0.6) is 0 Å². The molecule has 3 aromatic rings. The van der Waals surface area contributed by atoms with E-state index in [0.29, 0.717) is 6.61 Å². The molecule has 0 aliphatic rings. The molecule has 3 heteroatoms. The van der Waals surface area contributed by atoms with Crippen molar-refractivity contribution in [2.45, 2.75) is 39.7 Å². The second kappa shape index (κ2) is 8.63. The molecule has 0 fully saturated rings. The maximum absolute atomic E-state index is 5.75. The Bertz CT molecular complexity index is 773. The van der Waals surface area contributed by atoms with Gasteiger partial charge in [-0.2, -0.15) is 0 Å². The van der Waals surface area contributed by atoms with Crippen LogP contribution in [-0.2, 0) is 17.8 Å². The minimum Gasteiger partial charge on any atom is -0.377 e. The van der Waals surface area contributed by atoms with Gasteiger partial charge in [-0.15, -0.1) is 0 Å². The van der Waals surface area contributed by atoms with E-state index in [2.05, 4.69) is 60.9 Å². The highest BCUT2D eigenvalue weighted by atomic mass is 16.5. The van der Waals surface area contributed by atoms with Gasteiger partial charge >= 0.3 is 0 Å². The maximum atomic E-state index is 5.75. The molecule has 1 aromatic carbocycles. The zero-order chi connectivity index (χ0) is 17.5. The molecule has 0 bridgehead atoms. The van der Waals surface area contributed by atoms with Gasteiger partial charge in [0.1, 0.15) is 5.82 Å². The molecule has 0 atom stereocenters. The molecule has 0 N–H and O–H groups in total. The number of unbranched alkanes of at least 4 members (excludes halogenated alkanes) is 1. The number of ether oxygens (including phenoxy) is 1. The molecule has 0 unspecified atom stereocenters. The van der Waals surface area contributed by atoms with Crippen molar-refractivity contribution in [1.82, 2.24) is 9.55 Å². The summed E-state index contributed by atoms with van der Waals surface area (Å²) >= 11 is 0. The predicted octanol–water partition coefficient (Wildman–Crippen LogP) is 5.03. The van der Waals surface area contributed by atoms with Crippen LogP contribution in [0.25, 0.3) is 5.82 Å². The Morgan fingerprint density at radius 2 is 1.60 bits per heavy atom. The average Bonchev–Trinajstić information content (AvgIpc) is 2.97. The smallest absolute Gasteiger partial charge is 0.137 e. The highest BCUT2D eigenvalue weighted by Crippen LogP contribution is 2.15. The lowest BCUT2D eigenvalue weighted by Gasteiger charge is -2.10. The van der Waals surface area contributed by atoms with Gasteiger partial charge in [0.15, 0.2) is 0 Å². The van der Waals surface area contributed by atoms with Gasteiger partial charge in [0.05, 0.1) is 6.61 Å². The maximum Gasteiger partial charge on any atom is 0.137 e.